The fourth-order valence-corrected chi connectivity index (χ4v) is 2.41. The van der Waals surface area contributed by atoms with Crippen LogP contribution in [0.4, 0.5) is 4.39 Å². The van der Waals surface area contributed by atoms with E-state index < -0.39 is 0 Å². The zero-order valence-corrected chi connectivity index (χ0v) is 11.1. The van der Waals surface area contributed by atoms with Crippen molar-refractivity contribution in [2.45, 2.75) is 44.7 Å². The number of benzene rings is 1. The summed E-state index contributed by atoms with van der Waals surface area (Å²) in [5, 5.41) is 0. The van der Waals surface area contributed by atoms with Crippen molar-refractivity contribution >= 4 is 0 Å². The van der Waals surface area contributed by atoms with E-state index in [0.29, 0.717) is 0 Å². The summed E-state index contributed by atoms with van der Waals surface area (Å²) in [5.74, 6) is -0.199. The number of halogens is 1. The van der Waals surface area contributed by atoms with Crippen LogP contribution in [0.25, 0.3) is 0 Å². The first kappa shape index (κ1) is 13.5. The van der Waals surface area contributed by atoms with Gasteiger partial charge in [0.15, 0.2) is 0 Å². The molecule has 3 heteroatoms. The third-order valence-corrected chi connectivity index (χ3v) is 3.58. The van der Waals surface area contributed by atoms with Crippen molar-refractivity contribution in [2.75, 3.05) is 13.1 Å². The van der Waals surface area contributed by atoms with Crippen LogP contribution in [0.2, 0.25) is 0 Å². The molecule has 1 atom stereocenters. The molecule has 18 heavy (non-hydrogen) atoms. The summed E-state index contributed by atoms with van der Waals surface area (Å²) in [6.07, 6.45) is 4.75. The molecule has 0 bridgehead atoms. The summed E-state index contributed by atoms with van der Waals surface area (Å²) in [5.41, 5.74) is 7.04. The Morgan fingerprint density at radius 3 is 2.78 bits per heavy atom. The highest BCUT2D eigenvalue weighted by Gasteiger charge is 2.28. The van der Waals surface area contributed by atoms with Crippen LogP contribution in [0.1, 0.15) is 44.2 Å². The summed E-state index contributed by atoms with van der Waals surface area (Å²) in [7, 11) is 0. The monoisotopic (exact) mass is 250 g/mol. The molecule has 100 valence electrons. The van der Waals surface area contributed by atoms with Crippen molar-refractivity contribution in [1.82, 2.24) is 4.90 Å². The van der Waals surface area contributed by atoms with Crippen LogP contribution in [0.3, 0.4) is 0 Å². The van der Waals surface area contributed by atoms with E-state index in [1.807, 2.05) is 6.07 Å². The summed E-state index contributed by atoms with van der Waals surface area (Å²) < 4.78 is 13.1. The van der Waals surface area contributed by atoms with Gasteiger partial charge >= 0.3 is 0 Å². The molecule has 1 aromatic carbocycles. The van der Waals surface area contributed by atoms with Gasteiger partial charge in [0.1, 0.15) is 5.82 Å². The Hall–Kier alpha value is -0.930. The molecule has 2 nitrogen and oxygen atoms in total. The van der Waals surface area contributed by atoms with Crippen molar-refractivity contribution in [2.24, 2.45) is 5.73 Å². The molecule has 1 aromatic rings. The first-order chi connectivity index (χ1) is 8.70. The van der Waals surface area contributed by atoms with Crippen molar-refractivity contribution in [3.05, 3.63) is 35.6 Å². The van der Waals surface area contributed by atoms with E-state index in [4.69, 9.17) is 5.73 Å². The number of hydrogen-bond donors (Lipinski definition) is 1. The second-order valence-electron chi connectivity index (χ2n) is 5.22. The Bertz CT molecular complexity index is 377. The molecule has 1 aliphatic carbocycles. The average Bonchev–Trinajstić information content (AvgIpc) is 3.18. The summed E-state index contributed by atoms with van der Waals surface area (Å²) in [4.78, 5) is 2.53. The number of hydrogen-bond acceptors (Lipinski definition) is 2. The Kier molecular flexibility index (Phi) is 4.72. The van der Waals surface area contributed by atoms with Gasteiger partial charge in [0.05, 0.1) is 0 Å². The van der Waals surface area contributed by atoms with Crippen molar-refractivity contribution in [3.8, 4) is 0 Å². The van der Waals surface area contributed by atoms with Gasteiger partial charge in [-0.05, 0) is 49.9 Å². The number of nitrogens with zero attached hydrogens (tertiary/aromatic N) is 1. The predicted octanol–water partition coefficient (Wildman–Crippen LogP) is 3.09. The maximum absolute atomic E-state index is 13.1. The standard InChI is InChI=1S/C15H23FN2/c1-2-9-18(14-6-7-14)10-8-15(17)12-4-3-5-13(16)11-12/h3-5,11,14-15H,2,6-10,17H2,1H3. The molecule has 0 aliphatic heterocycles. The first-order valence-corrected chi connectivity index (χ1v) is 6.95. The summed E-state index contributed by atoms with van der Waals surface area (Å²) >= 11 is 0. The molecular formula is C15H23FN2. The zero-order valence-electron chi connectivity index (χ0n) is 11.1. The van der Waals surface area contributed by atoms with Gasteiger partial charge in [0.25, 0.3) is 0 Å². The van der Waals surface area contributed by atoms with E-state index in [2.05, 4.69) is 11.8 Å². The maximum atomic E-state index is 13.1. The topological polar surface area (TPSA) is 29.3 Å². The van der Waals surface area contributed by atoms with Gasteiger partial charge in [0, 0.05) is 18.6 Å². The number of nitrogens with two attached hydrogens (primary N) is 1. The van der Waals surface area contributed by atoms with Gasteiger partial charge in [-0.25, -0.2) is 4.39 Å². The second kappa shape index (κ2) is 6.30. The smallest absolute Gasteiger partial charge is 0.123 e. The average molecular weight is 250 g/mol. The fraction of sp³-hybridized carbons (Fsp3) is 0.600. The molecule has 0 heterocycles. The van der Waals surface area contributed by atoms with Gasteiger partial charge in [-0.2, -0.15) is 0 Å². The summed E-state index contributed by atoms with van der Waals surface area (Å²) in [6.45, 7) is 4.39. The molecule has 0 saturated heterocycles. The minimum Gasteiger partial charge on any atom is -0.324 e. The van der Waals surface area contributed by atoms with Crippen LogP contribution in [0.15, 0.2) is 24.3 Å². The number of rotatable bonds is 7. The SMILES string of the molecule is CCCN(CCC(N)c1cccc(F)c1)C1CC1. The van der Waals surface area contributed by atoms with Crippen LogP contribution in [0.5, 0.6) is 0 Å². The van der Waals surface area contributed by atoms with Crippen LogP contribution in [-0.2, 0) is 0 Å². The molecule has 1 unspecified atom stereocenters. The van der Waals surface area contributed by atoms with E-state index in [9.17, 15) is 4.39 Å². The highest BCUT2D eigenvalue weighted by molar-refractivity contribution is 5.19. The molecule has 1 aliphatic rings. The van der Waals surface area contributed by atoms with Gasteiger partial charge in [-0.1, -0.05) is 19.1 Å². The molecule has 2 rings (SSSR count). The van der Waals surface area contributed by atoms with Crippen LogP contribution < -0.4 is 5.73 Å². The van der Waals surface area contributed by atoms with Crippen LogP contribution in [-0.4, -0.2) is 24.0 Å². The molecule has 2 N–H and O–H groups in total. The highest BCUT2D eigenvalue weighted by Crippen LogP contribution is 2.28. The van der Waals surface area contributed by atoms with Crippen molar-refractivity contribution in [1.29, 1.82) is 0 Å². The summed E-state index contributed by atoms with van der Waals surface area (Å²) in [6, 6.07) is 7.38. The van der Waals surface area contributed by atoms with Crippen LogP contribution in [0, 0.1) is 5.82 Å². The first-order valence-electron chi connectivity index (χ1n) is 6.95. The molecular weight excluding hydrogens is 227 g/mol. The quantitative estimate of drug-likeness (QED) is 0.805. The third-order valence-electron chi connectivity index (χ3n) is 3.58. The van der Waals surface area contributed by atoms with Gasteiger partial charge in [-0.15, -0.1) is 0 Å². The molecule has 0 amide bonds. The Morgan fingerprint density at radius 2 is 2.17 bits per heavy atom. The minimum atomic E-state index is -0.199. The lowest BCUT2D eigenvalue weighted by molar-refractivity contribution is 0.253. The fourth-order valence-electron chi connectivity index (χ4n) is 2.41. The van der Waals surface area contributed by atoms with E-state index in [1.165, 1.54) is 25.3 Å². The van der Waals surface area contributed by atoms with Crippen molar-refractivity contribution < 1.29 is 4.39 Å². The molecule has 0 spiro atoms. The second-order valence-corrected chi connectivity index (χ2v) is 5.22. The Morgan fingerprint density at radius 1 is 1.39 bits per heavy atom. The lowest BCUT2D eigenvalue weighted by Gasteiger charge is -2.23. The van der Waals surface area contributed by atoms with E-state index >= 15 is 0 Å². The molecule has 0 radical (unpaired) electrons. The molecule has 1 fully saturated rings. The molecule has 0 aromatic heterocycles. The lowest BCUT2D eigenvalue weighted by Crippen LogP contribution is -2.30. The minimum absolute atomic E-state index is 0.0567. The highest BCUT2D eigenvalue weighted by atomic mass is 19.1. The molecule has 1 saturated carbocycles. The predicted molar refractivity (Wildman–Crippen MR) is 72.8 cm³/mol. The largest absolute Gasteiger partial charge is 0.324 e. The van der Waals surface area contributed by atoms with E-state index in [-0.39, 0.29) is 11.9 Å². The lowest BCUT2D eigenvalue weighted by atomic mass is 10.0. The third kappa shape index (κ3) is 3.79. The van der Waals surface area contributed by atoms with Gasteiger partial charge in [0.2, 0.25) is 0 Å². The van der Waals surface area contributed by atoms with Gasteiger partial charge in [-0.3, -0.25) is 0 Å². The van der Waals surface area contributed by atoms with Gasteiger partial charge < -0.3 is 10.6 Å². The zero-order chi connectivity index (χ0) is 13.0. The van der Waals surface area contributed by atoms with Crippen molar-refractivity contribution in [3.63, 3.8) is 0 Å². The Balaban J connectivity index is 1.84. The normalized spacial score (nSPS) is 17.1. The van der Waals surface area contributed by atoms with E-state index in [1.54, 1.807) is 12.1 Å². The van der Waals surface area contributed by atoms with E-state index in [0.717, 1.165) is 31.1 Å². The van der Waals surface area contributed by atoms with Crippen LogP contribution >= 0.6 is 0 Å². The Labute approximate surface area is 109 Å². The maximum Gasteiger partial charge on any atom is 0.123 e.